The Labute approximate surface area is 79.1 Å². The molecular formula is C12H14O. The van der Waals surface area contributed by atoms with Gasteiger partial charge >= 0.3 is 0 Å². The fourth-order valence-electron chi connectivity index (χ4n) is 1.49. The van der Waals surface area contributed by atoms with Crippen LogP contribution in [-0.4, -0.2) is 5.78 Å². The Morgan fingerprint density at radius 2 is 1.92 bits per heavy atom. The van der Waals surface area contributed by atoms with Gasteiger partial charge in [-0.3, -0.25) is 4.79 Å². The number of rotatable bonds is 3. The van der Waals surface area contributed by atoms with E-state index in [2.05, 4.69) is 6.58 Å². The van der Waals surface area contributed by atoms with Crippen LogP contribution < -0.4 is 0 Å². The maximum atomic E-state index is 11.6. The van der Waals surface area contributed by atoms with Crippen LogP contribution in [0.2, 0.25) is 0 Å². The van der Waals surface area contributed by atoms with Crippen molar-refractivity contribution in [2.24, 2.45) is 0 Å². The van der Waals surface area contributed by atoms with Gasteiger partial charge in [0.1, 0.15) is 0 Å². The van der Waals surface area contributed by atoms with E-state index < -0.39 is 0 Å². The highest BCUT2D eigenvalue weighted by molar-refractivity contribution is 5.99. The molecule has 0 amide bonds. The molecule has 0 saturated heterocycles. The molecule has 0 heterocycles. The van der Waals surface area contributed by atoms with Crippen molar-refractivity contribution < 1.29 is 4.79 Å². The Kier molecular flexibility index (Phi) is 3.02. The molecule has 0 aliphatic heterocycles. The van der Waals surface area contributed by atoms with Crippen LogP contribution in [0.3, 0.4) is 0 Å². The number of hydrogen-bond acceptors (Lipinski definition) is 1. The summed E-state index contributed by atoms with van der Waals surface area (Å²) in [5.74, 6) is 0.158. The van der Waals surface area contributed by atoms with E-state index >= 15 is 0 Å². The average molecular weight is 174 g/mol. The van der Waals surface area contributed by atoms with E-state index in [1.807, 2.05) is 32.0 Å². The number of allylic oxidation sites excluding steroid dienone is 1. The van der Waals surface area contributed by atoms with E-state index in [-0.39, 0.29) is 5.78 Å². The van der Waals surface area contributed by atoms with Crippen molar-refractivity contribution in [1.29, 1.82) is 0 Å². The van der Waals surface area contributed by atoms with E-state index in [1.54, 1.807) is 6.08 Å². The number of benzene rings is 1. The van der Waals surface area contributed by atoms with Crippen LogP contribution >= 0.6 is 0 Å². The first-order chi connectivity index (χ1) is 6.16. The zero-order chi connectivity index (χ0) is 9.84. The van der Waals surface area contributed by atoms with Crippen molar-refractivity contribution in [3.05, 3.63) is 47.5 Å². The predicted molar refractivity (Wildman–Crippen MR) is 55.1 cm³/mol. The van der Waals surface area contributed by atoms with Crippen LogP contribution in [-0.2, 0) is 0 Å². The van der Waals surface area contributed by atoms with Crippen LogP contribution in [0.4, 0.5) is 0 Å². The highest BCUT2D eigenvalue weighted by Gasteiger charge is 2.09. The first kappa shape index (κ1) is 9.72. The summed E-state index contributed by atoms with van der Waals surface area (Å²) >= 11 is 0. The summed E-state index contributed by atoms with van der Waals surface area (Å²) in [5, 5.41) is 0. The molecule has 0 spiro atoms. The van der Waals surface area contributed by atoms with E-state index in [0.717, 1.165) is 16.7 Å². The molecule has 0 bridgehead atoms. The minimum atomic E-state index is 0.158. The van der Waals surface area contributed by atoms with E-state index in [1.165, 1.54) is 0 Å². The van der Waals surface area contributed by atoms with Gasteiger partial charge in [0.25, 0.3) is 0 Å². The fraction of sp³-hybridized carbons (Fsp3) is 0.250. The molecule has 13 heavy (non-hydrogen) atoms. The second-order valence-electron chi connectivity index (χ2n) is 3.18. The lowest BCUT2D eigenvalue weighted by atomic mass is 9.98. The van der Waals surface area contributed by atoms with Crippen molar-refractivity contribution in [3.63, 3.8) is 0 Å². The molecule has 0 N–H and O–H groups in total. The summed E-state index contributed by atoms with van der Waals surface area (Å²) in [6.45, 7) is 7.49. The second-order valence-corrected chi connectivity index (χ2v) is 3.18. The summed E-state index contributed by atoms with van der Waals surface area (Å²) in [6.07, 6.45) is 2.07. The Morgan fingerprint density at radius 3 is 2.38 bits per heavy atom. The molecule has 68 valence electrons. The van der Waals surface area contributed by atoms with Crippen molar-refractivity contribution >= 4 is 5.78 Å². The highest BCUT2D eigenvalue weighted by Crippen LogP contribution is 2.15. The largest absolute Gasteiger partial charge is 0.294 e. The molecule has 0 saturated carbocycles. The lowest BCUT2D eigenvalue weighted by Gasteiger charge is -2.06. The Balaban J connectivity index is 3.12. The van der Waals surface area contributed by atoms with Gasteiger partial charge in [-0.05, 0) is 25.0 Å². The molecule has 0 fully saturated rings. The van der Waals surface area contributed by atoms with Gasteiger partial charge in [0, 0.05) is 12.0 Å². The second kappa shape index (κ2) is 4.04. The normalized spacial score (nSPS) is 9.69. The van der Waals surface area contributed by atoms with Gasteiger partial charge < -0.3 is 0 Å². The standard InChI is InChI=1S/C12H14O/c1-4-6-11(13)12-9(2)7-5-8-10(12)3/h4-5,7-8H,1,6H2,2-3H3. The first-order valence-electron chi connectivity index (χ1n) is 4.37. The van der Waals surface area contributed by atoms with E-state index in [0.29, 0.717) is 6.42 Å². The highest BCUT2D eigenvalue weighted by atomic mass is 16.1. The molecule has 0 aliphatic carbocycles. The monoisotopic (exact) mass is 174 g/mol. The molecule has 1 nitrogen and oxygen atoms in total. The first-order valence-corrected chi connectivity index (χ1v) is 4.37. The van der Waals surface area contributed by atoms with Gasteiger partial charge in [-0.1, -0.05) is 24.3 Å². The number of carbonyl (C=O) groups excluding carboxylic acids is 1. The van der Waals surface area contributed by atoms with Crippen molar-refractivity contribution in [2.45, 2.75) is 20.3 Å². The van der Waals surface area contributed by atoms with Gasteiger partial charge in [-0.25, -0.2) is 0 Å². The zero-order valence-corrected chi connectivity index (χ0v) is 8.13. The minimum absolute atomic E-state index is 0.158. The maximum absolute atomic E-state index is 11.6. The summed E-state index contributed by atoms with van der Waals surface area (Å²) in [7, 11) is 0. The van der Waals surface area contributed by atoms with Crippen LogP contribution in [0.15, 0.2) is 30.9 Å². The van der Waals surface area contributed by atoms with Crippen molar-refractivity contribution in [2.75, 3.05) is 0 Å². The van der Waals surface area contributed by atoms with Crippen LogP contribution in [0.1, 0.15) is 27.9 Å². The SMILES string of the molecule is C=CCC(=O)c1c(C)cccc1C. The van der Waals surface area contributed by atoms with Gasteiger partial charge in [-0.2, -0.15) is 0 Å². The lowest BCUT2D eigenvalue weighted by Crippen LogP contribution is -2.02. The minimum Gasteiger partial charge on any atom is -0.294 e. The summed E-state index contributed by atoms with van der Waals surface area (Å²) in [4.78, 5) is 11.6. The Bertz CT molecular complexity index is 317. The van der Waals surface area contributed by atoms with Gasteiger partial charge in [0.2, 0.25) is 0 Å². The van der Waals surface area contributed by atoms with Gasteiger partial charge in [0.05, 0.1) is 0 Å². The third-order valence-electron chi connectivity index (χ3n) is 2.09. The molecule has 1 rings (SSSR count). The number of Topliss-reactive ketones (excluding diaryl/α,β-unsaturated/α-hetero) is 1. The average Bonchev–Trinajstić information content (AvgIpc) is 2.04. The Hall–Kier alpha value is -1.37. The van der Waals surface area contributed by atoms with Crippen LogP contribution in [0.5, 0.6) is 0 Å². The van der Waals surface area contributed by atoms with Gasteiger partial charge in [-0.15, -0.1) is 6.58 Å². The summed E-state index contributed by atoms with van der Waals surface area (Å²) < 4.78 is 0. The Morgan fingerprint density at radius 1 is 1.38 bits per heavy atom. The third-order valence-corrected chi connectivity index (χ3v) is 2.09. The van der Waals surface area contributed by atoms with E-state index in [4.69, 9.17) is 0 Å². The van der Waals surface area contributed by atoms with Gasteiger partial charge in [0.15, 0.2) is 5.78 Å². The van der Waals surface area contributed by atoms with Crippen LogP contribution in [0, 0.1) is 13.8 Å². The molecule has 1 heteroatoms. The number of ketones is 1. The van der Waals surface area contributed by atoms with Crippen molar-refractivity contribution in [1.82, 2.24) is 0 Å². The number of hydrogen-bond donors (Lipinski definition) is 0. The number of aryl methyl sites for hydroxylation is 2. The zero-order valence-electron chi connectivity index (χ0n) is 8.13. The fourth-order valence-corrected chi connectivity index (χ4v) is 1.49. The maximum Gasteiger partial charge on any atom is 0.167 e. The summed E-state index contributed by atoms with van der Waals surface area (Å²) in [5.41, 5.74) is 2.95. The quantitative estimate of drug-likeness (QED) is 0.508. The molecule has 1 aromatic carbocycles. The topological polar surface area (TPSA) is 17.1 Å². The molecule has 0 aliphatic rings. The molecule has 0 atom stereocenters. The number of carbonyl (C=O) groups is 1. The predicted octanol–water partition coefficient (Wildman–Crippen LogP) is 3.06. The smallest absolute Gasteiger partial charge is 0.167 e. The molecule has 0 aromatic heterocycles. The molecular weight excluding hydrogens is 160 g/mol. The van der Waals surface area contributed by atoms with Crippen molar-refractivity contribution in [3.8, 4) is 0 Å². The molecule has 1 aromatic rings. The van der Waals surface area contributed by atoms with Crippen LogP contribution in [0.25, 0.3) is 0 Å². The molecule has 0 unspecified atom stereocenters. The molecule has 0 radical (unpaired) electrons. The third kappa shape index (κ3) is 2.05. The van der Waals surface area contributed by atoms with E-state index in [9.17, 15) is 4.79 Å². The lowest BCUT2D eigenvalue weighted by molar-refractivity contribution is 0.0995. The summed E-state index contributed by atoms with van der Waals surface area (Å²) in [6, 6.07) is 5.89.